The lowest BCUT2D eigenvalue weighted by atomic mass is 9.83. The molecule has 1 aromatic carbocycles. The van der Waals surface area contributed by atoms with E-state index in [2.05, 4.69) is 12.2 Å². The second-order valence-electron chi connectivity index (χ2n) is 5.52. The topological polar surface area (TPSA) is 75.3 Å². The molecule has 1 fully saturated rings. The van der Waals surface area contributed by atoms with Crippen molar-refractivity contribution >= 4 is 17.3 Å². The molecule has 0 unspecified atom stereocenters. The van der Waals surface area contributed by atoms with Crippen molar-refractivity contribution in [2.75, 3.05) is 17.6 Å². The molecule has 2 rings (SSSR count). The summed E-state index contributed by atoms with van der Waals surface area (Å²) in [5.74, 6) is -0.922. The average Bonchev–Trinajstić information content (AvgIpc) is 2.87. The van der Waals surface area contributed by atoms with Crippen molar-refractivity contribution in [2.24, 2.45) is 5.41 Å². The molecule has 0 saturated heterocycles. The molecule has 1 saturated carbocycles. The van der Waals surface area contributed by atoms with Gasteiger partial charge in [-0.25, -0.2) is 4.79 Å². The Labute approximate surface area is 114 Å². The summed E-state index contributed by atoms with van der Waals surface area (Å²) in [4.78, 5) is 11.0. The van der Waals surface area contributed by atoms with E-state index in [-0.39, 0.29) is 5.56 Å². The molecule has 4 heteroatoms. The van der Waals surface area contributed by atoms with Crippen LogP contribution in [0.5, 0.6) is 0 Å². The van der Waals surface area contributed by atoms with Crippen molar-refractivity contribution in [1.29, 1.82) is 0 Å². The van der Waals surface area contributed by atoms with E-state index >= 15 is 0 Å². The number of nitrogens with one attached hydrogen (secondary N) is 1. The maximum Gasteiger partial charge on any atom is 0.335 e. The summed E-state index contributed by atoms with van der Waals surface area (Å²) in [6.07, 6.45) is 6.23. The van der Waals surface area contributed by atoms with E-state index in [1.54, 1.807) is 12.1 Å². The molecule has 0 aromatic heterocycles. The minimum Gasteiger partial charge on any atom is -0.478 e. The molecule has 1 aromatic rings. The number of carbonyl (C=O) groups is 1. The molecular weight excluding hydrogens is 240 g/mol. The zero-order chi connectivity index (χ0) is 13.9. The third-order valence-corrected chi connectivity index (χ3v) is 4.37. The Balaban J connectivity index is 2.10. The summed E-state index contributed by atoms with van der Waals surface area (Å²) in [5, 5.41) is 12.4. The highest BCUT2D eigenvalue weighted by Crippen LogP contribution is 2.41. The highest BCUT2D eigenvalue weighted by molar-refractivity contribution is 5.90. The van der Waals surface area contributed by atoms with Gasteiger partial charge in [0, 0.05) is 6.54 Å². The van der Waals surface area contributed by atoms with Gasteiger partial charge in [0.1, 0.15) is 0 Å². The number of nitrogens with two attached hydrogens (primary N) is 1. The van der Waals surface area contributed by atoms with E-state index in [0.29, 0.717) is 11.1 Å². The predicted molar refractivity (Wildman–Crippen MR) is 77.5 cm³/mol. The summed E-state index contributed by atoms with van der Waals surface area (Å²) < 4.78 is 0. The van der Waals surface area contributed by atoms with Crippen molar-refractivity contribution < 1.29 is 9.90 Å². The Kier molecular flexibility index (Phi) is 3.98. The molecule has 0 radical (unpaired) electrons. The minimum atomic E-state index is -0.922. The molecule has 1 aliphatic carbocycles. The molecule has 4 N–H and O–H groups in total. The smallest absolute Gasteiger partial charge is 0.335 e. The van der Waals surface area contributed by atoms with Crippen LogP contribution in [0.15, 0.2) is 18.2 Å². The van der Waals surface area contributed by atoms with Crippen molar-refractivity contribution in [3.05, 3.63) is 23.8 Å². The van der Waals surface area contributed by atoms with Crippen LogP contribution in [0.3, 0.4) is 0 Å². The van der Waals surface area contributed by atoms with Crippen LogP contribution >= 0.6 is 0 Å². The lowest BCUT2D eigenvalue weighted by Gasteiger charge is -2.28. The maximum absolute atomic E-state index is 11.0. The van der Waals surface area contributed by atoms with Crippen LogP contribution in [-0.4, -0.2) is 17.6 Å². The average molecular weight is 262 g/mol. The van der Waals surface area contributed by atoms with Crippen LogP contribution in [0, 0.1) is 5.41 Å². The Morgan fingerprint density at radius 1 is 1.42 bits per heavy atom. The number of nitrogen functional groups attached to an aromatic ring is 1. The molecule has 4 nitrogen and oxygen atoms in total. The van der Waals surface area contributed by atoms with Crippen LogP contribution in [0.2, 0.25) is 0 Å². The number of benzene rings is 1. The molecule has 1 aliphatic rings. The minimum absolute atomic E-state index is 0.272. The van der Waals surface area contributed by atoms with Crippen molar-refractivity contribution in [3.8, 4) is 0 Å². The maximum atomic E-state index is 11.0. The summed E-state index contributed by atoms with van der Waals surface area (Å²) in [5.41, 5.74) is 7.87. The molecule has 0 aliphatic heterocycles. The lowest BCUT2D eigenvalue weighted by molar-refractivity contribution is 0.0697. The van der Waals surface area contributed by atoms with Crippen molar-refractivity contribution in [1.82, 2.24) is 0 Å². The number of carboxylic acid groups (broad SMARTS) is 1. The second kappa shape index (κ2) is 5.51. The summed E-state index contributed by atoms with van der Waals surface area (Å²) in [7, 11) is 0. The van der Waals surface area contributed by atoms with Crippen LogP contribution < -0.4 is 11.1 Å². The zero-order valence-electron chi connectivity index (χ0n) is 11.4. The molecular formula is C15H22N2O2. The molecule has 0 heterocycles. The largest absolute Gasteiger partial charge is 0.478 e. The molecule has 0 bridgehead atoms. The third kappa shape index (κ3) is 3.00. The fourth-order valence-electron chi connectivity index (χ4n) is 2.91. The molecule has 0 atom stereocenters. The number of rotatable bonds is 5. The number of aromatic carboxylic acids is 1. The van der Waals surface area contributed by atoms with Gasteiger partial charge in [0.25, 0.3) is 0 Å². The molecule has 19 heavy (non-hydrogen) atoms. The lowest BCUT2D eigenvalue weighted by Crippen LogP contribution is -2.26. The van der Waals surface area contributed by atoms with Crippen molar-refractivity contribution in [2.45, 2.75) is 39.0 Å². The predicted octanol–water partition coefficient (Wildman–Crippen LogP) is 3.35. The molecule has 0 spiro atoms. The van der Waals surface area contributed by atoms with Gasteiger partial charge >= 0.3 is 5.97 Å². The van der Waals surface area contributed by atoms with Gasteiger partial charge in [-0.15, -0.1) is 0 Å². The monoisotopic (exact) mass is 262 g/mol. The number of anilines is 2. The third-order valence-electron chi connectivity index (χ3n) is 4.37. The first-order valence-electron chi connectivity index (χ1n) is 6.93. The first-order chi connectivity index (χ1) is 9.06. The van der Waals surface area contributed by atoms with Gasteiger partial charge in [0.05, 0.1) is 16.9 Å². The Bertz CT molecular complexity index is 465. The first-order valence-corrected chi connectivity index (χ1v) is 6.93. The second-order valence-corrected chi connectivity index (χ2v) is 5.52. The SMILES string of the molecule is CCC1(CNc2cc(C(=O)O)ccc2N)CCCC1. The normalized spacial score (nSPS) is 17.3. The Hall–Kier alpha value is -1.71. The number of hydrogen-bond donors (Lipinski definition) is 3. The first kappa shape index (κ1) is 13.7. The fraction of sp³-hybridized carbons (Fsp3) is 0.533. The highest BCUT2D eigenvalue weighted by Gasteiger charge is 2.31. The van der Waals surface area contributed by atoms with Gasteiger partial charge in [0.2, 0.25) is 0 Å². The fourth-order valence-corrected chi connectivity index (χ4v) is 2.91. The van der Waals surface area contributed by atoms with E-state index in [1.165, 1.54) is 31.7 Å². The van der Waals surface area contributed by atoms with Gasteiger partial charge in [-0.2, -0.15) is 0 Å². The van der Waals surface area contributed by atoms with Crippen LogP contribution in [-0.2, 0) is 0 Å². The van der Waals surface area contributed by atoms with Gasteiger partial charge in [-0.05, 0) is 42.9 Å². The molecule has 104 valence electrons. The number of hydrogen-bond acceptors (Lipinski definition) is 3. The van der Waals surface area contributed by atoms with Gasteiger partial charge in [0.15, 0.2) is 0 Å². The van der Waals surface area contributed by atoms with E-state index in [0.717, 1.165) is 18.7 Å². The van der Waals surface area contributed by atoms with Crippen LogP contribution in [0.4, 0.5) is 11.4 Å². The van der Waals surface area contributed by atoms with Crippen LogP contribution in [0.25, 0.3) is 0 Å². The van der Waals surface area contributed by atoms with E-state index in [9.17, 15) is 4.79 Å². The van der Waals surface area contributed by atoms with Crippen molar-refractivity contribution in [3.63, 3.8) is 0 Å². The van der Waals surface area contributed by atoms with E-state index < -0.39 is 5.97 Å². The van der Waals surface area contributed by atoms with Gasteiger partial charge < -0.3 is 16.2 Å². The van der Waals surface area contributed by atoms with E-state index in [4.69, 9.17) is 10.8 Å². The highest BCUT2D eigenvalue weighted by atomic mass is 16.4. The zero-order valence-corrected chi connectivity index (χ0v) is 11.4. The Morgan fingerprint density at radius 2 is 2.11 bits per heavy atom. The summed E-state index contributed by atoms with van der Waals surface area (Å²) in [6.45, 7) is 3.10. The summed E-state index contributed by atoms with van der Waals surface area (Å²) >= 11 is 0. The quantitative estimate of drug-likeness (QED) is 0.711. The Morgan fingerprint density at radius 3 is 2.68 bits per heavy atom. The molecule has 0 amide bonds. The van der Waals surface area contributed by atoms with Crippen LogP contribution in [0.1, 0.15) is 49.4 Å². The standard InChI is InChI=1S/C15H22N2O2/c1-2-15(7-3-4-8-15)10-17-13-9-11(14(18)19)5-6-12(13)16/h5-6,9,17H,2-4,7-8,10,16H2,1H3,(H,18,19). The number of carboxylic acids is 1. The van der Waals surface area contributed by atoms with Gasteiger partial charge in [-0.3, -0.25) is 0 Å². The van der Waals surface area contributed by atoms with E-state index in [1.807, 2.05) is 0 Å². The summed E-state index contributed by atoms with van der Waals surface area (Å²) in [6, 6.07) is 4.81. The van der Waals surface area contributed by atoms with Gasteiger partial charge in [-0.1, -0.05) is 19.8 Å².